The molecule has 3 heterocycles. The first kappa shape index (κ1) is 8.23. The molecule has 0 unspecified atom stereocenters. The van der Waals surface area contributed by atoms with Crippen LogP contribution in [-0.4, -0.2) is 27.7 Å². The summed E-state index contributed by atoms with van der Waals surface area (Å²) in [6.45, 7) is 4.29. The number of nitrogens with zero attached hydrogens (tertiary/aromatic N) is 4. The van der Waals surface area contributed by atoms with Gasteiger partial charge in [-0.1, -0.05) is 11.3 Å². The van der Waals surface area contributed by atoms with Crippen molar-refractivity contribution in [3.8, 4) is 0 Å². The standard InChI is InChI=1S/C9H12N4S/c1-7-6-13-8(10-7)14-9(11-13)12-4-2-3-5-12/h6H,2-5H2,1H3. The lowest BCUT2D eigenvalue weighted by molar-refractivity contribution is 0.892. The van der Waals surface area contributed by atoms with Gasteiger partial charge in [0.1, 0.15) is 0 Å². The minimum atomic E-state index is 1.00. The highest BCUT2D eigenvalue weighted by atomic mass is 32.1. The average molecular weight is 208 g/mol. The van der Waals surface area contributed by atoms with E-state index in [4.69, 9.17) is 0 Å². The molecule has 0 aliphatic carbocycles. The summed E-state index contributed by atoms with van der Waals surface area (Å²) in [5.41, 5.74) is 1.04. The lowest BCUT2D eigenvalue weighted by Gasteiger charge is -2.11. The van der Waals surface area contributed by atoms with E-state index in [0.29, 0.717) is 0 Å². The van der Waals surface area contributed by atoms with Crippen molar-refractivity contribution < 1.29 is 0 Å². The number of hydrogen-bond acceptors (Lipinski definition) is 4. The quantitative estimate of drug-likeness (QED) is 0.715. The van der Waals surface area contributed by atoms with Gasteiger partial charge in [0.05, 0.1) is 11.9 Å². The van der Waals surface area contributed by atoms with Gasteiger partial charge < -0.3 is 4.90 Å². The van der Waals surface area contributed by atoms with Gasteiger partial charge in [0.2, 0.25) is 10.1 Å². The fraction of sp³-hybridized carbons (Fsp3) is 0.556. The minimum Gasteiger partial charge on any atom is -0.347 e. The monoisotopic (exact) mass is 208 g/mol. The summed E-state index contributed by atoms with van der Waals surface area (Å²) in [5.74, 6) is 0. The number of anilines is 1. The van der Waals surface area contributed by atoms with Crippen LogP contribution < -0.4 is 4.90 Å². The van der Waals surface area contributed by atoms with E-state index in [9.17, 15) is 0 Å². The zero-order chi connectivity index (χ0) is 9.54. The van der Waals surface area contributed by atoms with Crippen molar-refractivity contribution >= 4 is 21.4 Å². The van der Waals surface area contributed by atoms with E-state index in [1.54, 1.807) is 11.3 Å². The van der Waals surface area contributed by atoms with Gasteiger partial charge >= 0.3 is 0 Å². The summed E-state index contributed by atoms with van der Waals surface area (Å²) in [4.78, 5) is 7.74. The molecule has 4 nitrogen and oxygen atoms in total. The maximum atomic E-state index is 4.51. The Hall–Kier alpha value is -1.10. The van der Waals surface area contributed by atoms with Gasteiger partial charge in [0, 0.05) is 13.1 Å². The maximum absolute atomic E-state index is 4.51. The highest BCUT2D eigenvalue weighted by molar-refractivity contribution is 7.20. The zero-order valence-electron chi connectivity index (χ0n) is 8.10. The Morgan fingerprint density at radius 1 is 1.36 bits per heavy atom. The number of aromatic nitrogens is 3. The molecule has 0 radical (unpaired) electrons. The molecule has 2 aromatic heterocycles. The van der Waals surface area contributed by atoms with Crippen LogP contribution in [0.1, 0.15) is 18.5 Å². The highest BCUT2D eigenvalue weighted by Gasteiger charge is 2.16. The van der Waals surface area contributed by atoms with Gasteiger partial charge in [-0.05, 0) is 19.8 Å². The first-order valence-electron chi connectivity index (χ1n) is 4.91. The molecular formula is C9H12N4S. The van der Waals surface area contributed by atoms with E-state index in [1.165, 1.54) is 12.8 Å². The Morgan fingerprint density at radius 2 is 2.14 bits per heavy atom. The van der Waals surface area contributed by atoms with Crippen molar-refractivity contribution in [2.75, 3.05) is 18.0 Å². The average Bonchev–Trinajstić information content (AvgIpc) is 2.74. The normalized spacial score (nSPS) is 17.1. The molecule has 74 valence electrons. The molecular weight excluding hydrogens is 196 g/mol. The third-order valence-electron chi connectivity index (χ3n) is 2.53. The van der Waals surface area contributed by atoms with E-state index in [2.05, 4.69) is 15.0 Å². The molecule has 3 rings (SSSR count). The van der Waals surface area contributed by atoms with E-state index in [-0.39, 0.29) is 0 Å². The molecule has 1 fully saturated rings. The van der Waals surface area contributed by atoms with Crippen LogP contribution in [0.4, 0.5) is 5.13 Å². The molecule has 0 atom stereocenters. The summed E-state index contributed by atoms with van der Waals surface area (Å²) in [6, 6.07) is 0. The van der Waals surface area contributed by atoms with Gasteiger partial charge in [-0.25, -0.2) is 9.50 Å². The summed E-state index contributed by atoms with van der Waals surface area (Å²) in [6.07, 6.45) is 4.56. The number of imidazole rings is 1. The SMILES string of the molecule is Cc1cn2nc(N3CCCC3)sc2n1. The number of fused-ring (bicyclic) bond motifs is 1. The predicted molar refractivity (Wildman–Crippen MR) is 57.0 cm³/mol. The lowest BCUT2D eigenvalue weighted by atomic mass is 10.4. The van der Waals surface area contributed by atoms with Gasteiger partial charge in [0.15, 0.2) is 0 Å². The van der Waals surface area contributed by atoms with Crippen LogP contribution in [0.3, 0.4) is 0 Å². The van der Waals surface area contributed by atoms with Crippen molar-refractivity contribution in [3.63, 3.8) is 0 Å². The highest BCUT2D eigenvalue weighted by Crippen LogP contribution is 2.25. The molecule has 0 saturated carbocycles. The second-order valence-corrected chi connectivity index (χ2v) is 4.62. The number of aryl methyl sites for hydroxylation is 1. The Balaban J connectivity index is 2.01. The summed E-state index contributed by atoms with van der Waals surface area (Å²) in [7, 11) is 0. The summed E-state index contributed by atoms with van der Waals surface area (Å²) in [5, 5.41) is 5.63. The van der Waals surface area contributed by atoms with Gasteiger partial charge in [-0.2, -0.15) is 0 Å². The van der Waals surface area contributed by atoms with Crippen LogP contribution in [0.2, 0.25) is 0 Å². The Bertz CT molecular complexity index is 421. The molecule has 1 saturated heterocycles. The van der Waals surface area contributed by atoms with Crippen LogP contribution in [0.15, 0.2) is 6.20 Å². The molecule has 0 bridgehead atoms. The van der Waals surface area contributed by atoms with Crippen molar-refractivity contribution in [1.82, 2.24) is 14.6 Å². The second kappa shape index (κ2) is 2.95. The summed E-state index contributed by atoms with van der Waals surface area (Å²) < 4.78 is 1.88. The van der Waals surface area contributed by atoms with Crippen LogP contribution in [0.25, 0.3) is 4.96 Å². The van der Waals surface area contributed by atoms with E-state index < -0.39 is 0 Å². The third kappa shape index (κ3) is 1.19. The molecule has 0 amide bonds. The number of hydrogen-bond donors (Lipinski definition) is 0. The first-order chi connectivity index (χ1) is 6.83. The second-order valence-electron chi connectivity index (χ2n) is 3.69. The van der Waals surface area contributed by atoms with Crippen LogP contribution in [0.5, 0.6) is 0 Å². The molecule has 14 heavy (non-hydrogen) atoms. The molecule has 1 aliphatic rings. The third-order valence-corrected chi connectivity index (χ3v) is 3.51. The van der Waals surface area contributed by atoms with Crippen LogP contribution in [-0.2, 0) is 0 Å². The molecule has 2 aromatic rings. The van der Waals surface area contributed by atoms with Gasteiger partial charge in [-0.15, -0.1) is 5.10 Å². The van der Waals surface area contributed by atoms with Gasteiger partial charge in [0.25, 0.3) is 0 Å². The maximum Gasteiger partial charge on any atom is 0.214 e. The van der Waals surface area contributed by atoms with Crippen molar-refractivity contribution in [3.05, 3.63) is 11.9 Å². The van der Waals surface area contributed by atoms with E-state index in [1.807, 2.05) is 17.6 Å². The van der Waals surface area contributed by atoms with Gasteiger partial charge in [-0.3, -0.25) is 0 Å². The van der Waals surface area contributed by atoms with Crippen molar-refractivity contribution in [2.24, 2.45) is 0 Å². The lowest BCUT2D eigenvalue weighted by Crippen LogP contribution is -2.17. The molecule has 5 heteroatoms. The van der Waals surface area contributed by atoms with E-state index >= 15 is 0 Å². The fourth-order valence-electron chi connectivity index (χ4n) is 1.83. The molecule has 1 aliphatic heterocycles. The smallest absolute Gasteiger partial charge is 0.214 e. The largest absolute Gasteiger partial charge is 0.347 e. The molecule has 0 spiro atoms. The minimum absolute atomic E-state index is 1.00. The Labute approximate surface area is 86.2 Å². The first-order valence-corrected chi connectivity index (χ1v) is 5.72. The summed E-state index contributed by atoms with van der Waals surface area (Å²) >= 11 is 1.68. The topological polar surface area (TPSA) is 33.4 Å². The van der Waals surface area contributed by atoms with Crippen LogP contribution >= 0.6 is 11.3 Å². The van der Waals surface area contributed by atoms with E-state index in [0.717, 1.165) is 28.9 Å². The Kier molecular flexibility index (Phi) is 1.73. The zero-order valence-corrected chi connectivity index (χ0v) is 8.92. The van der Waals surface area contributed by atoms with Crippen molar-refractivity contribution in [1.29, 1.82) is 0 Å². The fourth-order valence-corrected chi connectivity index (χ4v) is 2.82. The number of rotatable bonds is 1. The predicted octanol–water partition coefficient (Wildman–Crippen LogP) is 1.70. The van der Waals surface area contributed by atoms with Crippen molar-refractivity contribution in [2.45, 2.75) is 19.8 Å². The Morgan fingerprint density at radius 3 is 2.86 bits per heavy atom. The molecule has 0 N–H and O–H groups in total. The molecule has 0 aromatic carbocycles. The van der Waals surface area contributed by atoms with Crippen LogP contribution in [0, 0.1) is 6.92 Å².